The van der Waals surface area contributed by atoms with E-state index in [4.69, 9.17) is 0 Å². The molecule has 0 bridgehead atoms. The molecule has 1 aromatic carbocycles. The first-order valence-corrected chi connectivity index (χ1v) is 6.81. The molecule has 1 amide bonds. The van der Waals surface area contributed by atoms with Crippen LogP contribution in [-0.4, -0.2) is 37.4 Å². The van der Waals surface area contributed by atoms with Crippen LogP contribution in [0.1, 0.15) is 18.8 Å². The van der Waals surface area contributed by atoms with Crippen LogP contribution in [0.25, 0.3) is 11.0 Å². The molecular weight excluding hydrogens is 266 g/mol. The first-order chi connectivity index (χ1) is 10.2. The molecule has 0 aliphatic heterocycles. The van der Waals surface area contributed by atoms with Crippen LogP contribution in [0, 0.1) is 0 Å². The monoisotopic (exact) mass is 283 g/mol. The maximum absolute atomic E-state index is 12.5. The summed E-state index contributed by atoms with van der Waals surface area (Å²) in [7, 11) is 1.78. The molecule has 1 N–H and O–H groups in total. The molecule has 0 fully saturated rings. The number of hydrogen-bond acceptors (Lipinski definition) is 3. The normalized spacial score (nSPS) is 12.5. The predicted octanol–water partition coefficient (Wildman–Crippen LogP) is 1.98. The summed E-state index contributed by atoms with van der Waals surface area (Å²) in [5.41, 5.74) is 1.86. The van der Waals surface area contributed by atoms with Gasteiger partial charge in [-0.1, -0.05) is 12.1 Å². The van der Waals surface area contributed by atoms with Crippen LogP contribution in [0.3, 0.4) is 0 Å². The summed E-state index contributed by atoms with van der Waals surface area (Å²) in [5, 5.41) is 0. The number of imidazole rings is 2. The predicted molar refractivity (Wildman–Crippen MR) is 79.5 cm³/mol. The van der Waals surface area contributed by atoms with Crippen LogP contribution in [0.5, 0.6) is 0 Å². The molecule has 3 rings (SSSR count). The first kappa shape index (κ1) is 13.4. The van der Waals surface area contributed by atoms with Gasteiger partial charge in [-0.3, -0.25) is 4.79 Å². The van der Waals surface area contributed by atoms with E-state index >= 15 is 0 Å². The van der Waals surface area contributed by atoms with Crippen LogP contribution >= 0.6 is 0 Å². The van der Waals surface area contributed by atoms with Crippen LogP contribution in [0.4, 0.5) is 0 Å². The minimum absolute atomic E-state index is 0.0227. The Morgan fingerprint density at radius 3 is 2.95 bits per heavy atom. The van der Waals surface area contributed by atoms with Crippen LogP contribution < -0.4 is 0 Å². The second kappa shape index (κ2) is 5.40. The van der Waals surface area contributed by atoms with Gasteiger partial charge in [-0.2, -0.15) is 0 Å². The van der Waals surface area contributed by atoms with E-state index in [1.165, 1.54) is 0 Å². The van der Waals surface area contributed by atoms with Gasteiger partial charge in [-0.15, -0.1) is 0 Å². The zero-order valence-corrected chi connectivity index (χ0v) is 12.0. The highest BCUT2D eigenvalue weighted by molar-refractivity contribution is 5.83. The van der Waals surface area contributed by atoms with Crippen molar-refractivity contribution in [2.45, 2.75) is 19.5 Å². The fraction of sp³-hybridized carbons (Fsp3) is 0.267. The highest BCUT2D eigenvalue weighted by atomic mass is 16.2. The number of benzene rings is 1. The third-order valence-electron chi connectivity index (χ3n) is 3.57. The van der Waals surface area contributed by atoms with E-state index in [0.717, 1.165) is 16.9 Å². The molecule has 2 heterocycles. The van der Waals surface area contributed by atoms with Gasteiger partial charge in [0.2, 0.25) is 5.91 Å². The van der Waals surface area contributed by atoms with Gasteiger partial charge in [0, 0.05) is 19.4 Å². The van der Waals surface area contributed by atoms with Crippen molar-refractivity contribution in [1.82, 2.24) is 24.4 Å². The quantitative estimate of drug-likeness (QED) is 0.796. The van der Waals surface area contributed by atoms with Gasteiger partial charge >= 0.3 is 0 Å². The molecule has 1 atom stereocenters. The number of nitrogens with zero attached hydrogens (tertiary/aromatic N) is 4. The number of hydrogen-bond donors (Lipinski definition) is 1. The van der Waals surface area contributed by atoms with Gasteiger partial charge in [0.15, 0.2) is 0 Å². The number of likely N-dealkylation sites (N-methyl/N-ethyl adjacent to an activating group) is 1. The van der Waals surface area contributed by atoms with Crippen molar-refractivity contribution in [3.63, 3.8) is 0 Å². The molecule has 0 aliphatic carbocycles. The lowest BCUT2D eigenvalue weighted by atomic mass is 10.2. The van der Waals surface area contributed by atoms with Crippen molar-refractivity contribution in [3.05, 3.63) is 48.8 Å². The third-order valence-corrected chi connectivity index (χ3v) is 3.57. The number of amides is 1. The van der Waals surface area contributed by atoms with Crippen molar-refractivity contribution in [2.75, 3.05) is 7.05 Å². The van der Waals surface area contributed by atoms with E-state index in [0.29, 0.717) is 6.54 Å². The van der Waals surface area contributed by atoms with Gasteiger partial charge < -0.3 is 14.5 Å². The summed E-state index contributed by atoms with van der Waals surface area (Å²) < 4.78 is 1.90. The maximum atomic E-state index is 12.5. The largest absolute Gasteiger partial charge is 0.347 e. The van der Waals surface area contributed by atoms with Crippen LogP contribution in [0.2, 0.25) is 0 Å². The average Bonchev–Trinajstić information content (AvgIpc) is 3.14. The topological polar surface area (TPSA) is 66.8 Å². The number of rotatable bonds is 4. The summed E-state index contributed by atoms with van der Waals surface area (Å²) in [4.78, 5) is 25.7. The summed E-state index contributed by atoms with van der Waals surface area (Å²) in [6.45, 7) is 2.35. The zero-order valence-electron chi connectivity index (χ0n) is 12.0. The summed E-state index contributed by atoms with van der Waals surface area (Å²) >= 11 is 0. The highest BCUT2D eigenvalue weighted by Crippen LogP contribution is 2.19. The Kier molecular flexibility index (Phi) is 3.43. The standard InChI is InChI=1S/C15H17N5O/c1-11(15(21)19(2)9-14-16-7-8-17-14)20-10-18-12-5-3-4-6-13(12)20/h3-8,10-11H,9H2,1-2H3,(H,16,17)/t11-/m0/s1. The third kappa shape index (κ3) is 2.52. The molecule has 6 nitrogen and oxygen atoms in total. The molecule has 3 aromatic rings. The fourth-order valence-corrected chi connectivity index (χ4v) is 2.41. The smallest absolute Gasteiger partial charge is 0.245 e. The van der Waals surface area contributed by atoms with E-state index in [2.05, 4.69) is 15.0 Å². The molecule has 0 aliphatic rings. The number of carbonyl (C=O) groups is 1. The molecule has 2 aromatic heterocycles. The van der Waals surface area contributed by atoms with Crippen LogP contribution in [-0.2, 0) is 11.3 Å². The van der Waals surface area contributed by atoms with Crippen molar-refractivity contribution in [1.29, 1.82) is 0 Å². The Morgan fingerprint density at radius 2 is 2.19 bits per heavy atom. The summed E-state index contributed by atoms with van der Waals surface area (Å²) in [6.07, 6.45) is 5.15. The Hall–Kier alpha value is -2.63. The van der Waals surface area contributed by atoms with Gasteiger partial charge in [0.05, 0.1) is 23.9 Å². The number of carbonyl (C=O) groups excluding carboxylic acids is 1. The van der Waals surface area contributed by atoms with Crippen molar-refractivity contribution in [3.8, 4) is 0 Å². The molecule has 0 radical (unpaired) electrons. The van der Waals surface area contributed by atoms with Gasteiger partial charge in [0.1, 0.15) is 11.9 Å². The highest BCUT2D eigenvalue weighted by Gasteiger charge is 2.21. The van der Waals surface area contributed by atoms with E-state index in [-0.39, 0.29) is 11.9 Å². The number of nitrogens with one attached hydrogen (secondary N) is 1. The SMILES string of the molecule is C[C@@H](C(=O)N(C)Cc1ncc[nH]1)n1cnc2ccccc21. The lowest BCUT2D eigenvalue weighted by Crippen LogP contribution is -2.32. The summed E-state index contributed by atoms with van der Waals surface area (Å²) in [6, 6.07) is 7.49. The molecule has 108 valence electrons. The zero-order chi connectivity index (χ0) is 14.8. The summed E-state index contributed by atoms with van der Waals surface area (Å²) in [5.74, 6) is 0.795. The number of aromatic amines is 1. The number of H-pyrrole nitrogens is 1. The molecule has 0 unspecified atom stereocenters. The Balaban J connectivity index is 1.80. The van der Waals surface area contributed by atoms with Crippen LogP contribution in [0.15, 0.2) is 43.0 Å². The lowest BCUT2D eigenvalue weighted by molar-refractivity contribution is -0.133. The first-order valence-electron chi connectivity index (χ1n) is 6.81. The second-order valence-electron chi connectivity index (χ2n) is 5.05. The molecular formula is C15H17N5O. The minimum Gasteiger partial charge on any atom is -0.347 e. The van der Waals surface area contributed by atoms with Gasteiger partial charge in [0.25, 0.3) is 0 Å². The van der Waals surface area contributed by atoms with E-state index in [1.54, 1.807) is 30.7 Å². The van der Waals surface area contributed by atoms with Gasteiger partial charge in [-0.25, -0.2) is 9.97 Å². The Bertz CT molecular complexity index is 746. The molecule has 21 heavy (non-hydrogen) atoms. The Labute approximate surface area is 122 Å². The molecule has 0 saturated heterocycles. The van der Waals surface area contributed by atoms with E-state index < -0.39 is 0 Å². The van der Waals surface area contributed by atoms with Crippen molar-refractivity contribution >= 4 is 16.9 Å². The molecule has 0 saturated carbocycles. The van der Waals surface area contributed by atoms with E-state index in [9.17, 15) is 4.79 Å². The van der Waals surface area contributed by atoms with Crippen molar-refractivity contribution in [2.24, 2.45) is 0 Å². The second-order valence-corrected chi connectivity index (χ2v) is 5.05. The average molecular weight is 283 g/mol. The maximum Gasteiger partial charge on any atom is 0.245 e. The molecule has 0 spiro atoms. The van der Waals surface area contributed by atoms with Gasteiger partial charge in [-0.05, 0) is 19.1 Å². The van der Waals surface area contributed by atoms with E-state index in [1.807, 2.05) is 35.8 Å². The number of para-hydroxylation sites is 2. The van der Waals surface area contributed by atoms with Crippen molar-refractivity contribution < 1.29 is 4.79 Å². The Morgan fingerprint density at radius 1 is 1.38 bits per heavy atom. The molecule has 6 heteroatoms. The number of aromatic nitrogens is 4. The fourth-order valence-electron chi connectivity index (χ4n) is 2.41. The number of fused-ring (bicyclic) bond motifs is 1. The minimum atomic E-state index is -0.308. The lowest BCUT2D eigenvalue weighted by Gasteiger charge is -2.21.